The first-order valence-electron chi connectivity index (χ1n) is 11.5. The molecule has 3 aromatic carbocycles. The van der Waals surface area contributed by atoms with Gasteiger partial charge in [-0.1, -0.05) is 48.0 Å². The molecule has 1 atom stereocenters. The lowest BCUT2D eigenvalue weighted by Gasteiger charge is -2.16. The van der Waals surface area contributed by atoms with Gasteiger partial charge in [-0.2, -0.15) is 4.72 Å². The van der Waals surface area contributed by atoms with Gasteiger partial charge < -0.3 is 9.15 Å². The molecule has 0 spiro atoms. The summed E-state index contributed by atoms with van der Waals surface area (Å²) < 4.78 is 38.7. The molecule has 0 aliphatic carbocycles. The first-order chi connectivity index (χ1) is 17.1. The summed E-state index contributed by atoms with van der Waals surface area (Å²) in [7, 11) is -3.91. The molecule has 0 saturated heterocycles. The molecule has 0 bridgehead atoms. The molecule has 186 valence electrons. The Balaban J connectivity index is 1.57. The van der Waals surface area contributed by atoms with Crippen LogP contribution in [0.4, 0.5) is 0 Å². The van der Waals surface area contributed by atoms with E-state index in [1.165, 1.54) is 19.1 Å². The fourth-order valence-corrected chi connectivity index (χ4v) is 5.14. The summed E-state index contributed by atoms with van der Waals surface area (Å²) in [5.41, 5.74) is 3.63. The molecule has 1 heterocycles. The van der Waals surface area contributed by atoms with Crippen LogP contribution in [-0.4, -0.2) is 20.4 Å². The van der Waals surface area contributed by atoms with Gasteiger partial charge >= 0.3 is 11.6 Å². The molecule has 7 nitrogen and oxygen atoms in total. The largest absolute Gasteiger partial charge is 0.425 e. The molecular weight excluding hydrogens is 478 g/mol. The Morgan fingerprint density at radius 3 is 2.28 bits per heavy atom. The van der Waals surface area contributed by atoms with E-state index >= 15 is 0 Å². The van der Waals surface area contributed by atoms with Gasteiger partial charge in [0.25, 0.3) is 0 Å². The molecule has 0 unspecified atom stereocenters. The maximum atomic E-state index is 12.8. The lowest BCUT2D eigenvalue weighted by molar-refractivity contribution is -0.135. The average Bonchev–Trinajstić information content (AvgIpc) is 2.84. The van der Waals surface area contributed by atoms with E-state index in [0.29, 0.717) is 23.1 Å². The number of hydrogen-bond donors (Lipinski definition) is 1. The van der Waals surface area contributed by atoms with Crippen LogP contribution in [0.1, 0.15) is 34.7 Å². The summed E-state index contributed by atoms with van der Waals surface area (Å²) >= 11 is 0. The van der Waals surface area contributed by atoms with Crippen LogP contribution in [0.5, 0.6) is 5.75 Å². The molecule has 4 aromatic rings. The zero-order valence-corrected chi connectivity index (χ0v) is 21.3. The monoisotopic (exact) mass is 505 g/mol. The third-order valence-electron chi connectivity index (χ3n) is 6.11. The van der Waals surface area contributed by atoms with E-state index in [4.69, 9.17) is 9.15 Å². The van der Waals surface area contributed by atoms with Crippen molar-refractivity contribution in [2.24, 2.45) is 0 Å². The number of sulfonamides is 1. The van der Waals surface area contributed by atoms with Crippen LogP contribution in [0.15, 0.2) is 80.8 Å². The van der Waals surface area contributed by atoms with E-state index in [1.54, 1.807) is 31.2 Å². The second-order valence-electron chi connectivity index (χ2n) is 8.80. The summed E-state index contributed by atoms with van der Waals surface area (Å²) in [6, 6.07) is 18.2. The SMILES string of the molecule is Cc1ccc(S(=O)(=O)N[C@H](C)C(=O)Oc2ccc3c(C)c(Cc4ccccc4)c(=O)oc3c2C)cc1. The van der Waals surface area contributed by atoms with E-state index < -0.39 is 27.7 Å². The minimum absolute atomic E-state index is 0.0539. The van der Waals surface area contributed by atoms with E-state index in [2.05, 4.69) is 4.72 Å². The van der Waals surface area contributed by atoms with Crippen molar-refractivity contribution in [2.75, 3.05) is 0 Å². The van der Waals surface area contributed by atoms with E-state index in [1.807, 2.05) is 44.2 Å². The van der Waals surface area contributed by atoms with Gasteiger partial charge in [0.15, 0.2) is 0 Å². The Kier molecular flexibility index (Phi) is 7.10. The topological polar surface area (TPSA) is 103 Å². The van der Waals surface area contributed by atoms with Crippen molar-refractivity contribution >= 4 is 27.0 Å². The van der Waals surface area contributed by atoms with E-state index in [-0.39, 0.29) is 10.6 Å². The molecule has 0 aliphatic heterocycles. The number of carbonyl (C=O) groups excluding carboxylic acids is 1. The fourth-order valence-electron chi connectivity index (χ4n) is 3.95. The van der Waals surface area contributed by atoms with Gasteiger partial charge in [0.1, 0.15) is 17.4 Å². The quantitative estimate of drug-likeness (QED) is 0.224. The summed E-state index contributed by atoms with van der Waals surface area (Å²) in [5, 5.41) is 0.742. The van der Waals surface area contributed by atoms with Crippen molar-refractivity contribution in [3.63, 3.8) is 0 Å². The van der Waals surface area contributed by atoms with E-state index in [0.717, 1.165) is 22.1 Å². The number of aryl methyl sites for hydroxylation is 3. The van der Waals surface area contributed by atoms with Crippen molar-refractivity contribution < 1.29 is 22.4 Å². The number of rotatable bonds is 7. The first-order valence-corrected chi connectivity index (χ1v) is 13.0. The van der Waals surface area contributed by atoms with Gasteiger partial charge in [-0.15, -0.1) is 0 Å². The number of hydrogen-bond acceptors (Lipinski definition) is 6. The first kappa shape index (κ1) is 25.3. The Bertz CT molecular complexity index is 1590. The lowest BCUT2D eigenvalue weighted by atomic mass is 9.98. The molecule has 0 fully saturated rings. The Hall–Kier alpha value is -3.75. The minimum atomic E-state index is -3.91. The summed E-state index contributed by atoms with van der Waals surface area (Å²) in [6.45, 7) is 6.81. The summed E-state index contributed by atoms with van der Waals surface area (Å²) in [6.07, 6.45) is 0.444. The highest BCUT2D eigenvalue weighted by atomic mass is 32.2. The molecule has 1 aromatic heterocycles. The van der Waals surface area contributed by atoms with Gasteiger partial charge in [0.05, 0.1) is 4.90 Å². The molecule has 0 saturated carbocycles. The smallest absolute Gasteiger partial charge is 0.340 e. The summed E-state index contributed by atoms with van der Waals surface area (Å²) in [5.74, 6) is -0.597. The molecule has 1 N–H and O–H groups in total. The molecule has 36 heavy (non-hydrogen) atoms. The second-order valence-corrected chi connectivity index (χ2v) is 10.5. The molecule has 0 amide bonds. The van der Waals surface area contributed by atoms with Gasteiger partial charge in [-0.3, -0.25) is 0 Å². The Morgan fingerprint density at radius 2 is 1.61 bits per heavy atom. The lowest BCUT2D eigenvalue weighted by Crippen LogP contribution is -2.40. The number of benzene rings is 3. The molecule has 0 aliphatic rings. The number of nitrogens with one attached hydrogen (secondary N) is 1. The van der Waals surface area contributed by atoms with Crippen LogP contribution < -0.4 is 15.1 Å². The highest BCUT2D eigenvalue weighted by Gasteiger charge is 2.25. The zero-order chi connectivity index (χ0) is 26.0. The van der Waals surface area contributed by atoms with Gasteiger partial charge in [0.2, 0.25) is 10.0 Å². The third kappa shape index (κ3) is 5.24. The predicted molar refractivity (Wildman–Crippen MR) is 138 cm³/mol. The van der Waals surface area contributed by atoms with Crippen LogP contribution in [0, 0.1) is 20.8 Å². The second kappa shape index (κ2) is 10.1. The van der Waals surface area contributed by atoms with Crippen LogP contribution in [0.2, 0.25) is 0 Å². The van der Waals surface area contributed by atoms with Crippen LogP contribution in [0.3, 0.4) is 0 Å². The van der Waals surface area contributed by atoms with Gasteiger partial charge in [-0.05, 0) is 63.1 Å². The number of carbonyl (C=O) groups is 1. The van der Waals surface area contributed by atoms with E-state index in [9.17, 15) is 18.0 Å². The summed E-state index contributed by atoms with van der Waals surface area (Å²) in [4.78, 5) is 25.6. The molecular formula is C28H27NO6S. The van der Waals surface area contributed by atoms with Gasteiger partial charge in [0, 0.05) is 22.9 Å². The average molecular weight is 506 g/mol. The third-order valence-corrected chi connectivity index (χ3v) is 7.66. The van der Waals surface area contributed by atoms with Gasteiger partial charge in [-0.25, -0.2) is 18.0 Å². The van der Waals surface area contributed by atoms with Crippen molar-refractivity contribution in [3.8, 4) is 5.75 Å². The minimum Gasteiger partial charge on any atom is -0.425 e. The Morgan fingerprint density at radius 1 is 0.944 bits per heavy atom. The van der Waals surface area contributed by atoms with Crippen LogP contribution in [-0.2, 0) is 21.2 Å². The molecule has 4 rings (SSSR count). The highest BCUT2D eigenvalue weighted by molar-refractivity contribution is 7.89. The normalized spacial score (nSPS) is 12.4. The zero-order valence-electron chi connectivity index (χ0n) is 20.5. The highest BCUT2D eigenvalue weighted by Crippen LogP contribution is 2.30. The van der Waals surface area contributed by atoms with Crippen molar-refractivity contribution in [1.82, 2.24) is 4.72 Å². The van der Waals surface area contributed by atoms with Crippen LogP contribution in [0.25, 0.3) is 11.0 Å². The van der Waals surface area contributed by atoms with Crippen molar-refractivity contribution in [2.45, 2.75) is 45.1 Å². The fraction of sp³-hybridized carbons (Fsp3) is 0.214. The van der Waals surface area contributed by atoms with Crippen molar-refractivity contribution in [3.05, 3.63) is 105 Å². The molecule has 0 radical (unpaired) electrons. The Labute approximate surface area is 209 Å². The number of fused-ring (bicyclic) bond motifs is 1. The number of ether oxygens (including phenoxy) is 1. The molecule has 8 heteroatoms. The number of esters is 1. The maximum absolute atomic E-state index is 12.8. The van der Waals surface area contributed by atoms with Crippen LogP contribution >= 0.6 is 0 Å². The maximum Gasteiger partial charge on any atom is 0.340 e. The standard InChI is InChI=1S/C28H27NO6S/c1-17-10-12-22(13-11-17)36(32,33)29-20(4)27(30)34-25-15-14-23-18(2)24(16-21-8-6-5-7-9-21)28(31)35-26(23)19(25)3/h5-15,20,29H,16H2,1-4H3/t20-/m1/s1. The predicted octanol–water partition coefficient (Wildman–Crippen LogP) is 4.58. The van der Waals surface area contributed by atoms with Crippen molar-refractivity contribution in [1.29, 1.82) is 0 Å².